The molecule has 0 amide bonds. The highest BCUT2D eigenvalue weighted by Crippen LogP contribution is 2.39. The van der Waals surface area contributed by atoms with E-state index in [4.69, 9.17) is 23.2 Å². The van der Waals surface area contributed by atoms with Crippen molar-refractivity contribution in [2.24, 2.45) is 0 Å². The summed E-state index contributed by atoms with van der Waals surface area (Å²) in [6, 6.07) is 9.83. The average molecular weight is 284 g/mol. The lowest BCUT2D eigenvalue weighted by molar-refractivity contribution is 0.628. The van der Waals surface area contributed by atoms with Gasteiger partial charge in [-0.15, -0.1) is 0 Å². The molecule has 0 saturated heterocycles. The first kappa shape index (κ1) is 13.2. The number of nitrogens with zero attached hydrogens (tertiary/aromatic N) is 1. The first-order valence-corrected chi connectivity index (χ1v) is 6.17. The van der Waals surface area contributed by atoms with Crippen LogP contribution in [0, 0.1) is 5.82 Å². The van der Waals surface area contributed by atoms with Crippen LogP contribution in [0.25, 0.3) is 11.1 Å². The number of hydrogen-bond donors (Lipinski definition) is 0. The molecule has 2 aromatic rings. The number of benzene rings is 2. The summed E-state index contributed by atoms with van der Waals surface area (Å²) in [5.41, 5.74) is 2.21. The predicted octanol–water partition coefficient (Wildman–Crippen LogP) is 4.87. The minimum absolute atomic E-state index is 0.313. The zero-order chi connectivity index (χ0) is 13.3. The Kier molecular flexibility index (Phi) is 3.79. The largest absolute Gasteiger partial charge is 0.377 e. The zero-order valence-corrected chi connectivity index (χ0v) is 11.6. The van der Waals surface area contributed by atoms with Gasteiger partial charge in [0.25, 0.3) is 0 Å². The van der Waals surface area contributed by atoms with Gasteiger partial charge in [0.15, 0.2) is 0 Å². The van der Waals surface area contributed by atoms with Gasteiger partial charge >= 0.3 is 0 Å². The fourth-order valence-electron chi connectivity index (χ4n) is 1.85. The molecule has 1 nitrogen and oxygen atoms in total. The second kappa shape index (κ2) is 5.17. The molecule has 94 valence electrons. The Bertz CT molecular complexity index is 562. The topological polar surface area (TPSA) is 3.24 Å². The summed E-state index contributed by atoms with van der Waals surface area (Å²) in [6.07, 6.45) is 0. The molecule has 0 atom stereocenters. The lowest BCUT2D eigenvalue weighted by atomic mass is 10.0. The summed E-state index contributed by atoms with van der Waals surface area (Å²) in [7, 11) is 3.78. The standard InChI is InChI=1S/C14H12Cl2FN/c1-18(2)13-7-6-9(17)8-10(13)14-11(15)4-3-5-12(14)16/h3-8H,1-2H3. The fourth-order valence-corrected chi connectivity index (χ4v) is 2.45. The minimum atomic E-state index is -0.313. The first-order chi connectivity index (χ1) is 8.50. The molecule has 4 heteroatoms. The van der Waals surface area contributed by atoms with E-state index in [-0.39, 0.29) is 5.82 Å². The van der Waals surface area contributed by atoms with Crippen molar-refractivity contribution < 1.29 is 4.39 Å². The van der Waals surface area contributed by atoms with Crippen molar-refractivity contribution in [3.05, 3.63) is 52.3 Å². The van der Waals surface area contributed by atoms with E-state index >= 15 is 0 Å². The maximum absolute atomic E-state index is 13.5. The van der Waals surface area contributed by atoms with E-state index in [9.17, 15) is 4.39 Å². The van der Waals surface area contributed by atoms with Crippen LogP contribution >= 0.6 is 23.2 Å². The van der Waals surface area contributed by atoms with E-state index in [1.165, 1.54) is 12.1 Å². The molecule has 0 heterocycles. The quantitative estimate of drug-likeness (QED) is 0.760. The van der Waals surface area contributed by atoms with Crippen molar-refractivity contribution in [1.82, 2.24) is 0 Å². The molecule has 0 fully saturated rings. The Hall–Kier alpha value is -1.25. The van der Waals surface area contributed by atoms with Crippen LogP contribution in [0.3, 0.4) is 0 Å². The molecule has 0 bridgehead atoms. The third-order valence-electron chi connectivity index (χ3n) is 2.67. The second-order valence-electron chi connectivity index (χ2n) is 4.15. The van der Waals surface area contributed by atoms with Crippen molar-refractivity contribution in [3.8, 4) is 11.1 Å². The van der Waals surface area contributed by atoms with E-state index in [1.54, 1.807) is 24.3 Å². The summed E-state index contributed by atoms with van der Waals surface area (Å²) in [4.78, 5) is 1.90. The Morgan fingerprint density at radius 3 is 2.17 bits per heavy atom. The van der Waals surface area contributed by atoms with Crippen LogP contribution in [0.5, 0.6) is 0 Å². The van der Waals surface area contributed by atoms with E-state index in [0.29, 0.717) is 21.2 Å². The summed E-state index contributed by atoms with van der Waals surface area (Å²) in [6.45, 7) is 0. The van der Waals surface area contributed by atoms with Crippen LogP contribution in [-0.4, -0.2) is 14.1 Å². The molecule has 0 N–H and O–H groups in total. The van der Waals surface area contributed by atoms with Crippen LogP contribution in [0.15, 0.2) is 36.4 Å². The molecule has 0 saturated carbocycles. The van der Waals surface area contributed by atoms with Crippen LogP contribution < -0.4 is 4.90 Å². The molecular formula is C14H12Cl2FN. The number of halogens is 3. The van der Waals surface area contributed by atoms with Crippen LogP contribution in [0.1, 0.15) is 0 Å². The zero-order valence-electron chi connectivity index (χ0n) is 10.0. The van der Waals surface area contributed by atoms with E-state index in [2.05, 4.69) is 0 Å². The highest BCUT2D eigenvalue weighted by molar-refractivity contribution is 6.39. The monoisotopic (exact) mass is 283 g/mol. The number of rotatable bonds is 2. The second-order valence-corrected chi connectivity index (χ2v) is 4.97. The highest BCUT2D eigenvalue weighted by atomic mass is 35.5. The van der Waals surface area contributed by atoms with Gasteiger partial charge in [0.2, 0.25) is 0 Å². The molecule has 0 aliphatic heterocycles. The molecule has 2 rings (SSSR count). The van der Waals surface area contributed by atoms with Crippen molar-refractivity contribution in [1.29, 1.82) is 0 Å². The Morgan fingerprint density at radius 2 is 1.61 bits per heavy atom. The highest BCUT2D eigenvalue weighted by Gasteiger charge is 2.14. The molecule has 2 aromatic carbocycles. The molecule has 0 unspecified atom stereocenters. The van der Waals surface area contributed by atoms with Gasteiger partial charge < -0.3 is 4.90 Å². The van der Waals surface area contributed by atoms with Gasteiger partial charge in [0, 0.05) is 41.0 Å². The van der Waals surface area contributed by atoms with Crippen LogP contribution in [-0.2, 0) is 0 Å². The Labute approximate surface area is 116 Å². The van der Waals surface area contributed by atoms with Gasteiger partial charge in [-0.3, -0.25) is 0 Å². The van der Waals surface area contributed by atoms with Crippen molar-refractivity contribution >= 4 is 28.9 Å². The SMILES string of the molecule is CN(C)c1ccc(F)cc1-c1c(Cl)cccc1Cl. The van der Waals surface area contributed by atoms with Crippen molar-refractivity contribution in [3.63, 3.8) is 0 Å². The van der Waals surface area contributed by atoms with Gasteiger partial charge in [-0.2, -0.15) is 0 Å². The molecule has 0 aliphatic carbocycles. The van der Waals surface area contributed by atoms with Gasteiger partial charge in [-0.25, -0.2) is 4.39 Å². The van der Waals surface area contributed by atoms with E-state index in [0.717, 1.165) is 5.69 Å². The fraction of sp³-hybridized carbons (Fsp3) is 0.143. The number of anilines is 1. The maximum Gasteiger partial charge on any atom is 0.123 e. The summed E-state index contributed by atoms with van der Waals surface area (Å²) < 4.78 is 13.5. The van der Waals surface area contributed by atoms with E-state index < -0.39 is 0 Å². The van der Waals surface area contributed by atoms with Gasteiger partial charge in [-0.1, -0.05) is 29.3 Å². The number of hydrogen-bond acceptors (Lipinski definition) is 1. The van der Waals surface area contributed by atoms with E-state index in [1.807, 2.05) is 19.0 Å². The first-order valence-electron chi connectivity index (χ1n) is 5.42. The maximum atomic E-state index is 13.5. The van der Waals surface area contributed by atoms with Crippen molar-refractivity contribution in [2.45, 2.75) is 0 Å². The molecule has 0 aliphatic rings. The van der Waals surface area contributed by atoms with Crippen LogP contribution in [0.4, 0.5) is 10.1 Å². The van der Waals surface area contributed by atoms with Gasteiger partial charge in [0.05, 0.1) is 0 Å². The third-order valence-corrected chi connectivity index (χ3v) is 3.30. The normalized spacial score (nSPS) is 10.5. The average Bonchev–Trinajstić information content (AvgIpc) is 2.28. The van der Waals surface area contributed by atoms with Gasteiger partial charge in [0.1, 0.15) is 5.82 Å². The van der Waals surface area contributed by atoms with Crippen LogP contribution in [0.2, 0.25) is 10.0 Å². The third kappa shape index (κ3) is 2.45. The molecule has 0 aromatic heterocycles. The molecule has 0 spiro atoms. The predicted molar refractivity (Wildman–Crippen MR) is 76.2 cm³/mol. The minimum Gasteiger partial charge on any atom is -0.377 e. The molecule has 0 radical (unpaired) electrons. The smallest absolute Gasteiger partial charge is 0.123 e. The summed E-state index contributed by atoms with van der Waals surface area (Å²) >= 11 is 12.3. The Morgan fingerprint density at radius 1 is 1.00 bits per heavy atom. The molecular weight excluding hydrogens is 272 g/mol. The lowest BCUT2D eigenvalue weighted by Crippen LogP contribution is -2.10. The molecule has 18 heavy (non-hydrogen) atoms. The van der Waals surface area contributed by atoms with Crippen molar-refractivity contribution in [2.75, 3.05) is 19.0 Å². The Balaban J connectivity index is 2.73. The lowest BCUT2D eigenvalue weighted by Gasteiger charge is -2.19. The van der Waals surface area contributed by atoms with Gasteiger partial charge in [-0.05, 0) is 30.3 Å². The summed E-state index contributed by atoms with van der Waals surface area (Å²) in [5, 5.41) is 1.02. The summed E-state index contributed by atoms with van der Waals surface area (Å²) in [5.74, 6) is -0.313.